The Morgan fingerprint density at radius 3 is 2.10 bits per heavy atom. The average Bonchev–Trinajstić information content (AvgIpc) is 2.25. The first kappa shape index (κ1) is 18.0. The molecule has 0 heterocycles. The molecular weight excluding hydrogens is 348 g/mol. The smallest absolute Gasteiger partial charge is 0.282 e. The van der Waals surface area contributed by atoms with E-state index >= 15 is 0 Å². The number of rotatable bonds is 6. The van der Waals surface area contributed by atoms with Crippen LogP contribution in [-0.4, -0.2) is 46.7 Å². The molecule has 0 unspecified atom stereocenters. The molecule has 21 heavy (non-hydrogen) atoms. The van der Waals surface area contributed by atoms with Gasteiger partial charge in [-0.3, -0.25) is 9.11 Å². The summed E-state index contributed by atoms with van der Waals surface area (Å²) in [7, 11) is -13.4. The molecule has 1 aromatic carbocycles. The lowest BCUT2D eigenvalue weighted by atomic mass is 10.2. The zero-order valence-electron chi connectivity index (χ0n) is 10.6. The Bertz CT molecular complexity index is 834. The van der Waals surface area contributed by atoms with Gasteiger partial charge in [-0.25, -0.2) is 12.6 Å². The second kappa shape index (κ2) is 5.98. The molecule has 2 N–H and O–H groups in total. The van der Waals surface area contributed by atoms with Crippen molar-refractivity contribution in [3.05, 3.63) is 23.8 Å². The largest absolute Gasteiger partial charge is 0.397 e. The molecule has 0 aliphatic carbocycles. The summed E-state index contributed by atoms with van der Waals surface area (Å²) in [5.74, 6) is -0.805. The summed E-state index contributed by atoms with van der Waals surface area (Å²) in [4.78, 5) is -1.00. The molecule has 0 amide bonds. The maximum atomic E-state index is 11.9. The first-order valence-electron chi connectivity index (χ1n) is 5.26. The Morgan fingerprint density at radius 1 is 1.05 bits per heavy atom. The maximum Gasteiger partial charge on any atom is 0.397 e. The van der Waals surface area contributed by atoms with E-state index < -0.39 is 52.5 Å². The SMILES string of the molecule is Cc1ccc(S(=O)(=O)CCOS(=O)(=O)O)cc1S(=O)(=O)O. The fraction of sp³-hybridized carbons (Fsp3) is 0.333. The maximum absolute atomic E-state index is 11.9. The molecule has 0 saturated heterocycles. The van der Waals surface area contributed by atoms with Crippen LogP contribution in [0.2, 0.25) is 0 Å². The summed E-state index contributed by atoms with van der Waals surface area (Å²) in [5, 5.41) is 0. The minimum atomic E-state index is -4.77. The van der Waals surface area contributed by atoms with Crippen molar-refractivity contribution in [2.24, 2.45) is 0 Å². The van der Waals surface area contributed by atoms with Crippen LogP contribution in [0.5, 0.6) is 0 Å². The highest BCUT2D eigenvalue weighted by molar-refractivity contribution is 7.91. The lowest BCUT2D eigenvalue weighted by Crippen LogP contribution is -2.16. The molecule has 0 aliphatic rings. The third kappa shape index (κ3) is 5.33. The van der Waals surface area contributed by atoms with Gasteiger partial charge in [0.25, 0.3) is 10.1 Å². The van der Waals surface area contributed by atoms with Gasteiger partial charge in [0.15, 0.2) is 9.84 Å². The van der Waals surface area contributed by atoms with Crippen molar-refractivity contribution in [3.63, 3.8) is 0 Å². The van der Waals surface area contributed by atoms with E-state index in [9.17, 15) is 25.3 Å². The molecule has 0 spiro atoms. The van der Waals surface area contributed by atoms with E-state index in [2.05, 4.69) is 4.18 Å². The summed E-state index contributed by atoms with van der Waals surface area (Å²) in [6.45, 7) is 0.525. The van der Waals surface area contributed by atoms with Crippen LogP contribution in [0.15, 0.2) is 28.0 Å². The van der Waals surface area contributed by atoms with E-state index in [1.807, 2.05) is 0 Å². The molecule has 0 fully saturated rings. The van der Waals surface area contributed by atoms with Crippen LogP contribution in [0, 0.1) is 6.92 Å². The topological polar surface area (TPSA) is 152 Å². The Morgan fingerprint density at radius 2 is 1.62 bits per heavy atom. The van der Waals surface area contributed by atoms with Gasteiger partial charge in [-0.05, 0) is 24.6 Å². The molecule has 120 valence electrons. The molecule has 0 aliphatic heterocycles. The fourth-order valence-corrected chi connectivity index (χ4v) is 3.75. The van der Waals surface area contributed by atoms with Crippen LogP contribution < -0.4 is 0 Å². The van der Waals surface area contributed by atoms with Gasteiger partial charge in [-0.15, -0.1) is 0 Å². The summed E-state index contributed by atoms with van der Waals surface area (Å²) >= 11 is 0. The minimum Gasteiger partial charge on any atom is -0.282 e. The van der Waals surface area contributed by atoms with Crippen LogP contribution in [-0.2, 0) is 34.5 Å². The van der Waals surface area contributed by atoms with Crippen LogP contribution in [0.4, 0.5) is 0 Å². The van der Waals surface area contributed by atoms with Crippen LogP contribution in [0.25, 0.3) is 0 Å². The highest BCUT2D eigenvalue weighted by Crippen LogP contribution is 2.20. The first-order chi connectivity index (χ1) is 9.33. The monoisotopic (exact) mass is 360 g/mol. The van der Waals surface area contributed by atoms with Gasteiger partial charge in [-0.2, -0.15) is 16.8 Å². The molecule has 9 nitrogen and oxygen atoms in total. The molecule has 0 atom stereocenters. The lowest BCUT2D eigenvalue weighted by molar-refractivity contribution is 0.284. The van der Waals surface area contributed by atoms with Crippen molar-refractivity contribution in [1.29, 1.82) is 0 Å². The quantitative estimate of drug-likeness (QED) is 0.659. The van der Waals surface area contributed by atoms with Crippen molar-refractivity contribution in [1.82, 2.24) is 0 Å². The Hall–Kier alpha value is -1.05. The molecule has 0 saturated carbocycles. The van der Waals surface area contributed by atoms with E-state index in [-0.39, 0.29) is 5.56 Å². The molecule has 0 radical (unpaired) electrons. The minimum absolute atomic E-state index is 0.144. The first-order valence-corrected chi connectivity index (χ1v) is 9.71. The van der Waals surface area contributed by atoms with Gasteiger partial charge in [0.2, 0.25) is 0 Å². The standard InChI is InChI=1S/C9H12O9S3/c1-7-2-3-8(6-9(7)20(12,13)14)19(10,11)5-4-18-21(15,16)17/h2-3,6H,4-5H2,1H3,(H,12,13,14)(H,15,16,17). The zero-order valence-corrected chi connectivity index (χ0v) is 13.1. The van der Waals surface area contributed by atoms with Crippen molar-refractivity contribution in [2.75, 3.05) is 12.4 Å². The van der Waals surface area contributed by atoms with Crippen LogP contribution in [0.3, 0.4) is 0 Å². The van der Waals surface area contributed by atoms with Crippen LogP contribution >= 0.6 is 0 Å². The number of sulfone groups is 1. The van der Waals surface area contributed by atoms with E-state index in [1.54, 1.807) is 0 Å². The Balaban J connectivity index is 3.10. The molecule has 12 heteroatoms. The lowest BCUT2D eigenvalue weighted by Gasteiger charge is -2.07. The predicted molar refractivity (Wildman–Crippen MR) is 70.5 cm³/mol. The van der Waals surface area contributed by atoms with E-state index in [4.69, 9.17) is 9.11 Å². The molecule has 0 bridgehead atoms. The van der Waals surface area contributed by atoms with Crippen molar-refractivity contribution in [2.45, 2.75) is 16.7 Å². The van der Waals surface area contributed by atoms with E-state index in [0.717, 1.165) is 12.1 Å². The summed E-state index contributed by atoms with van der Waals surface area (Å²) in [6, 6.07) is 3.04. The molecule has 1 rings (SSSR count). The Labute approximate surface area is 122 Å². The summed E-state index contributed by atoms with van der Waals surface area (Å²) in [6.07, 6.45) is 0. The van der Waals surface area contributed by atoms with Gasteiger partial charge in [0.1, 0.15) is 0 Å². The van der Waals surface area contributed by atoms with Crippen molar-refractivity contribution >= 4 is 30.4 Å². The number of aryl methyl sites for hydroxylation is 1. The highest BCUT2D eigenvalue weighted by Gasteiger charge is 2.21. The summed E-state index contributed by atoms with van der Waals surface area (Å²) < 4.78 is 87.8. The zero-order chi connectivity index (χ0) is 16.5. The fourth-order valence-electron chi connectivity index (χ4n) is 1.42. The van der Waals surface area contributed by atoms with Gasteiger partial charge in [-0.1, -0.05) is 6.07 Å². The van der Waals surface area contributed by atoms with Gasteiger partial charge >= 0.3 is 10.4 Å². The van der Waals surface area contributed by atoms with Crippen LogP contribution in [0.1, 0.15) is 5.56 Å². The van der Waals surface area contributed by atoms with E-state index in [1.165, 1.54) is 13.0 Å². The second-order valence-corrected chi connectivity index (χ2v) is 8.56. The van der Waals surface area contributed by atoms with Crippen molar-refractivity contribution in [3.8, 4) is 0 Å². The third-order valence-electron chi connectivity index (χ3n) is 2.38. The Kier molecular flexibility index (Phi) is 5.13. The number of hydrogen-bond acceptors (Lipinski definition) is 7. The molecule has 1 aromatic rings. The summed E-state index contributed by atoms with van der Waals surface area (Å²) in [5.41, 5.74) is 0.144. The van der Waals surface area contributed by atoms with Crippen molar-refractivity contribution < 1.29 is 38.5 Å². The third-order valence-corrected chi connectivity index (χ3v) is 5.52. The van der Waals surface area contributed by atoms with Gasteiger partial charge in [0, 0.05) is 0 Å². The predicted octanol–water partition coefficient (Wildman–Crippen LogP) is -0.165. The van der Waals surface area contributed by atoms with E-state index in [0.29, 0.717) is 0 Å². The number of benzene rings is 1. The normalized spacial score (nSPS) is 13.3. The molecule has 0 aromatic heterocycles. The highest BCUT2D eigenvalue weighted by atomic mass is 32.3. The number of hydrogen-bond donors (Lipinski definition) is 2. The van der Waals surface area contributed by atoms with Gasteiger partial charge in [0.05, 0.1) is 22.2 Å². The molecular formula is C9H12O9S3. The average molecular weight is 360 g/mol. The van der Waals surface area contributed by atoms with Gasteiger partial charge < -0.3 is 0 Å². The second-order valence-electron chi connectivity index (χ2n) is 3.97.